The molecular formula is C15H19N3O. The monoisotopic (exact) mass is 257 g/mol. The van der Waals surface area contributed by atoms with Gasteiger partial charge in [-0.05, 0) is 30.4 Å². The second-order valence-corrected chi connectivity index (χ2v) is 4.81. The van der Waals surface area contributed by atoms with Crippen LogP contribution in [0.2, 0.25) is 0 Å². The first kappa shape index (κ1) is 13.6. The molecule has 1 heterocycles. The number of carbonyl (C=O) groups excluding carboxylic acids is 1. The molecule has 0 saturated carbocycles. The number of hydrogen-bond donors (Lipinski definition) is 2. The van der Waals surface area contributed by atoms with Crippen LogP contribution in [-0.2, 0) is 17.8 Å². The standard InChI is InChI=1S/C15H19N3O/c16-8-4-1-5-9-17-15(19)14-10-12-6-2-3-7-13(12)11-18-14/h2-3,6-7,14,18H,1,4-5,9-11H2,(H,17,19). The largest absolute Gasteiger partial charge is 0.355 e. The highest BCUT2D eigenvalue weighted by molar-refractivity contribution is 5.82. The van der Waals surface area contributed by atoms with Crippen molar-refractivity contribution in [3.05, 3.63) is 35.4 Å². The van der Waals surface area contributed by atoms with Gasteiger partial charge in [0.1, 0.15) is 0 Å². The summed E-state index contributed by atoms with van der Waals surface area (Å²) in [7, 11) is 0. The summed E-state index contributed by atoms with van der Waals surface area (Å²) in [6.07, 6.45) is 3.02. The van der Waals surface area contributed by atoms with Crippen molar-refractivity contribution in [2.45, 2.75) is 38.3 Å². The molecule has 1 unspecified atom stereocenters. The number of carbonyl (C=O) groups is 1. The number of benzene rings is 1. The fourth-order valence-corrected chi connectivity index (χ4v) is 2.30. The van der Waals surface area contributed by atoms with E-state index in [1.807, 2.05) is 12.1 Å². The molecule has 1 atom stereocenters. The number of nitrogens with one attached hydrogen (secondary N) is 2. The van der Waals surface area contributed by atoms with Crippen molar-refractivity contribution in [3.8, 4) is 6.07 Å². The Morgan fingerprint density at radius 1 is 1.37 bits per heavy atom. The summed E-state index contributed by atoms with van der Waals surface area (Å²) in [4.78, 5) is 12.0. The van der Waals surface area contributed by atoms with Crippen LogP contribution < -0.4 is 10.6 Å². The van der Waals surface area contributed by atoms with Gasteiger partial charge in [-0.15, -0.1) is 0 Å². The summed E-state index contributed by atoms with van der Waals surface area (Å²) in [5, 5.41) is 14.6. The maximum Gasteiger partial charge on any atom is 0.237 e. The molecule has 2 rings (SSSR count). The molecule has 4 heteroatoms. The van der Waals surface area contributed by atoms with Crippen molar-refractivity contribution in [2.75, 3.05) is 6.54 Å². The van der Waals surface area contributed by atoms with Crippen LogP contribution in [0.5, 0.6) is 0 Å². The van der Waals surface area contributed by atoms with Crippen molar-refractivity contribution in [3.63, 3.8) is 0 Å². The lowest BCUT2D eigenvalue weighted by molar-refractivity contribution is -0.123. The van der Waals surface area contributed by atoms with Gasteiger partial charge in [0, 0.05) is 19.5 Å². The van der Waals surface area contributed by atoms with Gasteiger partial charge < -0.3 is 10.6 Å². The van der Waals surface area contributed by atoms with Crippen molar-refractivity contribution < 1.29 is 4.79 Å². The fraction of sp³-hybridized carbons (Fsp3) is 0.467. The average molecular weight is 257 g/mol. The van der Waals surface area contributed by atoms with E-state index in [9.17, 15) is 4.79 Å². The predicted molar refractivity (Wildman–Crippen MR) is 73.2 cm³/mol. The maximum absolute atomic E-state index is 12.0. The molecule has 0 fully saturated rings. The van der Waals surface area contributed by atoms with E-state index in [1.54, 1.807) is 0 Å². The Balaban J connectivity index is 1.78. The molecule has 0 radical (unpaired) electrons. The molecule has 2 N–H and O–H groups in total. The Kier molecular flexibility index (Phi) is 4.93. The Bertz CT molecular complexity index is 479. The van der Waals surface area contributed by atoms with E-state index >= 15 is 0 Å². The summed E-state index contributed by atoms with van der Waals surface area (Å²) in [6.45, 7) is 1.41. The molecule has 4 nitrogen and oxygen atoms in total. The lowest BCUT2D eigenvalue weighted by Gasteiger charge is -2.25. The normalized spacial score (nSPS) is 17.3. The van der Waals surface area contributed by atoms with Gasteiger partial charge in [0.2, 0.25) is 5.91 Å². The quantitative estimate of drug-likeness (QED) is 0.786. The van der Waals surface area contributed by atoms with Crippen molar-refractivity contribution in [1.82, 2.24) is 10.6 Å². The van der Waals surface area contributed by atoms with E-state index in [4.69, 9.17) is 5.26 Å². The molecular weight excluding hydrogens is 238 g/mol. The fourth-order valence-electron chi connectivity index (χ4n) is 2.30. The summed E-state index contributed by atoms with van der Waals surface area (Å²) in [5.41, 5.74) is 2.53. The molecule has 19 heavy (non-hydrogen) atoms. The predicted octanol–water partition coefficient (Wildman–Crippen LogP) is 1.51. The number of unbranched alkanes of at least 4 members (excludes halogenated alkanes) is 2. The van der Waals surface area contributed by atoms with Crippen molar-refractivity contribution >= 4 is 5.91 Å². The Hall–Kier alpha value is -1.86. The minimum atomic E-state index is -0.133. The maximum atomic E-state index is 12.0. The average Bonchev–Trinajstić information content (AvgIpc) is 2.46. The highest BCUT2D eigenvalue weighted by Crippen LogP contribution is 2.16. The van der Waals surface area contributed by atoms with Crippen LogP contribution >= 0.6 is 0 Å². The molecule has 1 aliphatic rings. The lowest BCUT2D eigenvalue weighted by atomic mass is 9.95. The second-order valence-electron chi connectivity index (χ2n) is 4.81. The lowest BCUT2D eigenvalue weighted by Crippen LogP contribution is -2.47. The van der Waals surface area contributed by atoms with Crippen molar-refractivity contribution in [2.24, 2.45) is 0 Å². The summed E-state index contributed by atoms with van der Waals surface area (Å²) >= 11 is 0. The number of amides is 1. The zero-order chi connectivity index (χ0) is 13.5. The summed E-state index contributed by atoms with van der Waals surface area (Å²) in [6, 6.07) is 10.2. The van der Waals surface area contributed by atoms with Gasteiger partial charge in [0.05, 0.1) is 12.1 Å². The van der Waals surface area contributed by atoms with Gasteiger partial charge in [0.25, 0.3) is 0 Å². The molecule has 1 aromatic rings. The van der Waals surface area contributed by atoms with Crippen molar-refractivity contribution in [1.29, 1.82) is 5.26 Å². The third-order valence-electron chi connectivity index (χ3n) is 3.41. The van der Waals surface area contributed by atoms with Crippen LogP contribution in [0.15, 0.2) is 24.3 Å². The van der Waals surface area contributed by atoms with E-state index in [-0.39, 0.29) is 11.9 Å². The molecule has 0 aromatic heterocycles. The van der Waals surface area contributed by atoms with Gasteiger partial charge in [-0.3, -0.25) is 4.79 Å². The molecule has 0 saturated heterocycles. The SMILES string of the molecule is N#CCCCCNC(=O)C1Cc2ccccc2CN1. The summed E-state index contributed by atoms with van der Waals surface area (Å²) in [5.74, 6) is 0.0615. The smallest absolute Gasteiger partial charge is 0.237 e. The highest BCUT2D eigenvalue weighted by atomic mass is 16.2. The van der Waals surface area contributed by atoms with Gasteiger partial charge in [-0.1, -0.05) is 24.3 Å². The van der Waals surface area contributed by atoms with Crippen LogP contribution in [0, 0.1) is 11.3 Å². The minimum Gasteiger partial charge on any atom is -0.355 e. The number of rotatable bonds is 5. The van der Waals surface area contributed by atoms with Crippen LogP contribution in [-0.4, -0.2) is 18.5 Å². The van der Waals surface area contributed by atoms with E-state index in [2.05, 4.69) is 28.8 Å². The molecule has 0 aliphatic carbocycles. The molecule has 0 bridgehead atoms. The molecule has 100 valence electrons. The zero-order valence-corrected chi connectivity index (χ0v) is 11.0. The topological polar surface area (TPSA) is 64.9 Å². The van der Waals surface area contributed by atoms with Crippen LogP contribution in [0.1, 0.15) is 30.4 Å². The number of nitriles is 1. The number of hydrogen-bond acceptors (Lipinski definition) is 3. The van der Waals surface area contributed by atoms with E-state index in [0.717, 1.165) is 25.8 Å². The molecule has 1 aromatic carbocycles. The molecule has 0 spiro atoms. The molecule has 1 aliphatic heterocycles. The number of nitrogens with zero attached hydrogens (tertiary/aromatic N) is 1. The van der Waals surface area contributed by atoms with Gasteiger partial charge in [-0.2, -0.15) is 5.26 Å². The van der Waals surface area contributed by atoms with Gasteiger partial charge in [0.15, 0.2) is 0 Å². The first-order chi connectivity index (χ1) is 9.31. The van der Waals surface area contributed by atoms with Crippen LogP contribution in [0.3, 0.4) is 0 Å². The second kappa shape index (κ2) is 6.91. The molecule has 1 amide bonds. The van der Waals surface area contributed by atoms with Crippen LogP contribution in [0.25, 0.3) is 0 Å². The Labute approximate surface area is 113 Å². The summed E-state index contributed by atoms with van der Waals surface area (Å²) < 4.78 is 0. The van der Waals surface area contributed by atoms with E-state index in [0.29, 0.717) is 13.0 Å². The minimum absolute atomic E-state index is 0.0615. The van der Waals surface area contributed by atoms with E-state index < -0.39 is 0 Å². The van der Waals surface area contributed by atoms with Gasteiger partial charge >= 0.3 is 0 Å². The third kappa shape index (κ3) is 3.80. The zero-order valence-electron chi connectivity index (χ0n) is 11.0. The first-order valence-electron chi connectivity index (χ1n) is 6.76. The third-order valence-corrected chi connectivity index (χ3v) is 3.41. The van der Waals surface area contributed by atoms with E-state index in [1.165, 1.54) is 11.1 Å². The highest BCUT2D eigenvalue weighted by Gasteiger charge is 2.23. The Morgan fingerprint density at radius 3 is 2.95 bits per heavy atom. The first-order valence-corrected chi connectivity index (χ1v) is 6.76. The van der Waals surface area contributed by atoms with Gasteiger partial charge in [-0.25, -0.2) is 0 Å². The van der Waals surface area contributed by atoms with Crippen LogP contribution in [0.4, 0.5) is 0 Å². The Morgan fingerprint density at radius 2 is 2.16 bits per heavy atom. The number of fused-ring (bicyclic) bond motifs is 1.